The average molecular weight is 410 g/mol. The van der Waals surface area contributed by atoms with Crippen molar-refractivity contribution < 1.29 is 17.9 Å². The van der Waals surface area contributed by atoms with E-state index in [-0.39, 0.29) is 23.6 Å². The molecule has 2 heterocycles. The zero-order valence-corrected chi connectivity index (χ0v) is 16.3. The van der Waals surface area contributed by atoms with Gasteiger partial charge in [0.05, 0.1) is 17.9 Å². The summed E-state index contributed by atoms with van der Waals surface area (Å²) in [4.78, 5) is 20.1. The Labute approximate surface area is 160 Å². The maximum absolute atomic E-state index is 12.8. The maximum atomic E-state index is 12.8. The number of sulfonamides is 1. The minimum Gasteiger partial charge on any atom is -0.462 e. The van der Waals surface area contributed by atoms with Gasteiger partial charge in [0.2, 0.25) is 0 Å². The van der Waals surface area contributed by atoms with Crippen molar-refractivity contribution >= 4 is 39.1 Å². The van der Waals surface area contributed by atoms with Crippen molar-refractivity contribution in [3.63, 3.8) is 0 Å². The van der Waals surface area contributed by atoms with Gasteiger partial charge < -0.3 is 4.74 Å². The van der Waals surface area contributed by atoms with E-state index in [0.29, 0.717) is 10.6 Å². The largest absolute Gasteiger partial charge is 0.462 e. The molecule has 0 atom stereocenters. The summed E-state index contributed by atoms with van der Waals surface area (Å²) in [5.74, 6) is -0.537. The Balaban J connectivity index is 2.06. The predicted molar refractivity (Wildman–Crippen MR) is 98.5 cm³/mol. The van der Waals surface area contributed by atoms with E-state index < -0.39 is 21.1 Å². The monoisotopic (exact) mass is 409 g/mol. The van der Waals surface area contributed by atoms with Gasteiger partial charge in [-0.1, -0.05) is 11.6 Å². The molecule has 0 saturated heterocycles. The molecule has 9 nitrogen and oxygen atoms in total. The summed E-state index contributed by atoms with van der Waals surface area (Å²) in [5, 5.41) is 3.76. The lowest BCUT2D eigenvalue weighted by atomic mass is 10.1. The van der Waals surface area contributed by atoms with Gasteiger partial charge in [0, 0.05) is 17.4 Å². The Morgan fingerprint density at radius 2 is 2.07 bits per heavy atom. The maximum Gasteiger partial charge on any atom is 0.340 e. The molecule has 27 heavy (non-hydrogen) atoms. The third-order valence-electron chi connectivity index (χ3n) is 3.67. The summed E-state index contributed by atoms with van der Waals surface area (Å²) < 4.78 is 34.2. The normalized spacial score (nSPS) is 11.6. The third-order valence-corrected chi connectivity index (χ3v) is 5.21. The number of carbonyl (C=O) groups excluding carboxylic acids is 1. The van der Waals surface area contributed by atoms with Crippen molar-refractivity contribution in [2.45, 2.75) is 25.9 Å². The van der Waals surface area contributed by atoms with Crippen LogP contribution in [0.2, 0.25) is 5.02 Å². The lowest BCUT2D eigenvalue weighted by molar-refractivity contribution is 0.0527. The number of rotatable bonds is 5. The van der Waals surface area contributed by atoms with Gasteiger partial charge >= 0.3 is 5.97 Å². The molecule has 1 N–H and O–H groups in total. The van der Waals surface area contributed by atoms with Crippen molar-refractivity contribution in [1.82, 2.24) is 19.6 Å². The quantitative estimate of drug-likeness (QED) is 0.643. The number of carbonyl (C=O) groups is 1. The van der Waals surface area contributed by atoms with Crippen LogP contribution in [0.5, 0.6) is 0 Å². The molecule has 0 radical (unpaired) electrons. The van der Waals surface area contributed by atoms with Crippen molar-refractivity contribution in [2.75, 3.05) is 11.3 Å². The number of nitrogens with zero attached hydrogens (tertiary/aromatic N) is 4. The van der Waals surface area contributed by atoms with Crippen LogP contribution in [0.25, 0.3) is 5.78 Å². The fourth-order valence-corrected chi connectivity index (χ4v) is 3.52. The molecular formula is C16H16ClN5O4S. The lowest BCUT2D eigenvalue weighted by Gasteiger charge is -2.14. The molecule has 0 aliphatic carbocycles. The molecule has 0 aliphatic heterocycles. The Morgan fingerprint density at radius 1 is 1.33 bits per heavy atom. The molecule has 0 saturated carbocycles. The second-order valence-electron chi connectivity index (χ2n) is 5.69. The molecule has 0 bridgehead atoms. The molecule has 0 fully saturated rings. The highest BCUT2D eigenvalue weighted by atomic mass is 35.5. The van der Waals surface area contributed by atoms with E-state index in [0.717, 1.165) is 5.56 Å². The highest BCUT2D eigenvalue weighted by Gasteiger charge is 2.26. The van der Waals surface area contributed by atoms with Gasteiger partial charge in [-0.2, -0.15) is 13.4 Å². The Kier molecular flexibility index (Phi) is 5.03. The number of esters is 1. The van der Waals surface area contributed by atoms with E-state index in [1.807, 2.05) is 0 Å². The van der Waals surface area contributed by atoms with Gasteiger partial charge in [-0.05, 0) is 44.0 Å². The first-order valence-electron chi connectivity index (χ1n) is 7.91. The summed E-state index contributed by atoms with van der Waals surface area (Å²) in [6, 6.07) is 2.89. The first-order valence-corrected chi connectivity index (χ1v) is 9.77. The van der Waals surface area contributed by atoms with Gasteiger partial charge in [-0.15, -0.1) is 5.10 Å². The van der Waals surface area contributed by atoms with Crippen molar-refractivity contribution in [2.24, 2.45) is 0 Å². The number of nitrogens with one attached hydrogen (secondary N) is 1. The zero-order valence-electron chi connectivity index (χ0n) is 14.7. The van der Waals surface area contributed by atoms with Gasteiger partial charge in [-0.3, -0.25) is 4.72 Å². The van der Waals surface area contributed by atoms with E-state index >= 15 is 0 Å². The predicted octanol–water partition coefficient (Wildman–Crippen LogP) is 2.37. The summed E-state index contributed by atoms with van der Waals surface area (Å²) >= 11 is 6.09. The van der Waals surface area contributed by atoms with Crippen LogP contribution in [0.4, 0.5) is 5.69 Å². The van der Waals surface area contributed by atoms with Crippen LogP contribution in [0.1, 0.15) is 28.4 Å². The minimum absolute atomic E-state index is 0.0175. The van der Waals surface area contributed by atoms with Crippen molar-refractivity contribution in [3.8, 4) is 0 Å². The Bertz CT molecular complexity index is 1140. The molecule has 11 heteroatoms. The summed E-state index contributed by atoms with van der Waals surface area (Å²) in [6.07, 6.45) is 3.15. The second-order valence-corrected chi connectivity index (χ2v) is 7.67. The zero-order chi connectivity index (χ0) is 19.8. The number of hydrogen-bond donors (Lipinski definition) is 1. The fraction of sp³-hybridized carbons (Fsp3) is 0.250. The van der Waals surface area contributed by atoms with Crippen LogP contribution in [0, 0.1) is 13.8 Å². The van der Waals surface area contributed by atoms with Gasteiger partial charge in [0.15, 0.2) is 0 Å². The van der Waals surface area contributed by atoms with Gasteiger partial charge in [-0.25, -0.2) is 14.3 Å². The molecule has 0 amide bonds. The average Bonchev–Trinajstić information content (AvgIpc) is 3.03. The van der Waals surface area contributed by atoms with Crippen LogP contribution < -0.4 is 4.72 Å². The first kappa shape index (κ1) is 19.1. The number of aromatic nitrogens is 4. The fourth-order valence-electron chi connectivity index (χ4n) is 2.35. The van der Waals surface area contributed by atoms with E-state index in [1.165, 1.54) is 16.6 Å². The molecule has 0 aliphatic rings. The van der Waals surface area contributed by atoms with E-state index in [1.54, 1.807) is 33.2 Å². The minimum atomic E-state index is -4.20. The Hall–Kier alpha value is -2.72. The number of halogens is 1. The number of anilines is 1. The second kappa shape index (κ2) is 7.12. The number of fused-ring (bicyclic) bond motifs is 1. The molecular weight excluding hydrogens is 394 g/mol. The van der Waals surface area contributed by atoms with E-state index in [4.69, 9.17) is 16.3 Å². The standard InChI is InChI=1S/C16H16ClN5O4S/c1-4-26-14(23)11-5-6-12(17)10(3)13(11)21-27(24,25)16-19-15-18-7-9(2)8-22(15)20-16/h5-8,21H,4H2,1-3H3. The molecule has 0 unspecified atom stereocenters. The molecule has 3 aromatic rings. The van der Waals surface area contributed by atoms with Crippen molar-refractivity contribution in [1.29, 1.82) is 0 Å². The smallest absolute Gasteiger partial charge is 0.340 e. The molecule has 3 rings (SSSR count). The van der Waals surface area contributed by atoms with Crippen molar-refractivity contribution in [3.05, 3.63) is 46.2 Å². The summed E-state index contributed by atoms with van der Waals surface area (Å²) in [5.41, 5.74) is 1.23. The first-order chi connectivity index (χ1) is 12.7. The molecule has 2 aromatic heterocycles. The Morgan fingerprint density at radius 3 is 2.78 bits per heavy atom. The highest BCUT2D eigenvalue weighted by molar-refractivity contribution is 7.92. The summed E-state index contributed by atoms with van der Waals surface area (Å²) in [7, 11) is -4.20. The SMILES string of the molecule is CCOC(=O)c1ccc(Cl)c(C)c1NS(=O)(=O)c1nc2ncc(C)cn2n1. The number of benzene rings is 1. The van der Waals surface area contributed by atoms with Crippen LogP contribution in [0.15, 0.2) is 29.7 Å². The molecule has 0 spiro atoms. The van der Waals surface area contributed by atoms with Gasteiger partial charge in [0.1, 0.15) is 0 Å². The summed E-state index contributed by atoms with van der Waals surface area (Å²) in [6.45, 7) is 5.18. The number of ether oxygens (including phenoxy) is 1. The van der Waals surface area contributed by atoms with Gasteiger partial charge in [0.25, 0.3) is 21.0 Å². The van der Waals surface area contributed by atoms with Crippen LogP contribution >= 0.6 is 11.6 Å². The molecule has 142 valence electrons. The van der Waals surface area contributed by atoms with Crippen LogP contribution in [-0.2, 0) is 14.8 Å². The molecule has 1 aromatic carbocycles. The number of hydrogen-bond acceptors (Lipinski definition) is 7. The topological polar surface area (TPSA) is 116 Å². The van der Waals surface area contributed by atoms with E-state index in [9.17, 15) is 13.2 Å². The number of aryl methyl sites for hydroxylation is 1. The van der Waals surface area contributed by atoms with Crippen LogP contribution in [-0.4, -0.2) is 40.6 Å². The van der Waals surface area contributed by atoms with Crippen LogP contribution in [0.3, 0.4) is 0 Å². The lowest BCUT2D eigenvalue weighted by Crippen LogP contribution is -2.19. The third kappa shape index (κ3) is 3.71. The van der Waals surface area contributed by atoms with E-state index in [2.05, 4.69) is 19.8 Å². The highest BCUT2D eigenvalue weighted by Crippen LogP contribution is 2.30.